The highest BCUT2D eigenvalue weighted by Crippen LogP contribution is 2.24. The normalized spacial score (nSPS) is 16.7. The van der Waals surface area contributed by atoms with Crippen LogP contribution >= 0.6 is 0 Å². The second-order valence-corrected chi connectivity index (χ2v) is 5.57. The number of nitrogens with one attached hydrogen (secondary N) is 1. The third kappa shape index (κ3) is 2.70. The molecule has 1 aromatic carbocycles. The Labute approximate surface area is 114 Å². The lowest BCUT2D eigenvalue weighted by Gasteiger charge is -2.24. The molecule has 2 aromatic rings. The maximum absolute atomic E-state index is 4.49. The fourth-order valence-corrected chi connectivity index (χ4v) is 3.00. The molecule has 0 radical (unpaired) electrons. The third-order valence-electron chi connectivity index (χ3n) is 3.97. The highest BCUT2D eigenvalue weighted by molar-refractivity contribution is 5.84. The van der Waals surface area contributed by atoms with Crippen LogP contribution in [0.3, 0.4) is 0 Å². The van der Waals surface area contributed by atoms with Gasteiger partial charge >= 0.3 is 0 Å². The van der Waals surface area contributed by atoms with E-state index in [0.717, 1.165) is 22.4 Å². The van der Waals surface area contributed by atoms with Crippen LogP contribution < -0.4 is 5.32 Å². The Hall–Kier alpha value is -1.64. The van der Waals surface area contributed by atoms with E-state index in [1.165, 1.54) is 37.8 Å². The average molecular weight is 255 g/mol. The van der Waals surface area contributed by atoms with Gasteiger partial charge in [-0.2, -0.15) is 0 Å². The minimum Gasteiger partial charge on any atom is -0.382 e. The first-order chi connectivity index (χ1) is 9.22. The van der Waals surface area contributed by atoms with Crippen LogP contribution in [0.2, 0.25) is 0 Å². The minimum atomic E-state index is 0.637. The van der Waals surface area contributed by atoms with Gasteiger partial charge in [-0.1, -0.05) is 19.3 Å². The Kier molecular flexibility index (Phi) is 3.36. The molecule has 0 amide bonds. The second-order valence-electron chi connectivity index (χ2n) is 5.57. The molecule has 1 N–H and O–H groups in total. The second kappa shape index (κ2) is 5.16. The number of hydrogen-bond acceptors (Lipinski definition) is 3. The van der Waals surface area contributed by atoms with E-state index < -0.39 is 0 Å². The summed E-state index contributed by atoms with van der Waals surface area (Å²) in [5, 5.41) is 4.82. The van der Waals surface area contributed by atoms with Crippen molar-refractivity contribution in [3.8, 4) is 0 Å². The van der Waals surface area contributed by atoms with Crippen LogP contribution in [0.25, 0.3) is 10.9 Å². The molecule has 1 saturated carbocycles. The standard InChI is InChI=1S/C16H21N3/c1-11-15-10-14(19-13-6-4-3-5-7-13)8-9-16(15)18-12(2)17-11/h8-10,13,19H,3-7H2,1-2H3. The molecule has 100 valence electrons. The highest BCUT2D eigenvalue weighted by Gasteiger charge is 2.13. The molecule has 0 aliphatic heterocycles. The number of benzene rings is 1. The summed E-state index contributed by atoms with van der Waals surface area (Å²) in [6, 6.07) is 7.07. The fraction of sp³-hybridized carbons (Fsp3) is 0.500. The van der Waals surface area contributed by atoms with Crippen LogP contribution in [0.4, 0.5) is 5.69 Å². The van der Waals surface area contributed by atoms with E-state index in [4.69, 9.17) is 0 Å². The summed E-state index contributed by atoms with van der Waals surface area (Å²) in [6.07, 6.45) is 6.68. The molecular formula is C16H21N3. The molecule has 3 nitrogen and oxygen atoms in total. The molecule has 1 aromatic heterocycles. The van der Waals surface area contributed by atoms with Crippen molar-refractivity contribution < 1.29 is 0 Å². The molecule has 0 unspecified atom stereocenters. The Morgan fingerprint density at radius 3 is 2.63 bits per heavy atom. The number of aryl methyl sites for hydroxylation is 2. The van der Waals surface area contributed by atoms with Crippen molar-refractivity contribution in [2.24, 2.45) is 0 Å². The Bertz CT molecular complexity index is 586. The SMILES string of the molecule is Cc1nc(C)c2cc(NC3CCCCC3)ccc2n1. The largest absolute Gasteiger partial charge is 0.382 e. The van der Waals surface area contributed by atoms with Gasteiger partial charge in [0.05, 0.1) is 5.52 Å². The zero-order valence-electron chi connectivity index (χ0n) is 11.7. The minimum absolute atomic E-state index is 0.637. The summed E-state index contributed by atoms with van der Waals surface area (Å²) in [6.45, 7) is 4.00. The average Bonchev–Trinajstić information content (AvgIpc) is 2.40. The number of aromatic nitrogens is 2. The summed E-state index contributed by atoms with van der Waals surface area (Å²) < 4.78 is 0. The van der Waals surface area contributed by atoms with Crippen molar-refractivity contribution in [3.05, 3.63) is 29.7 Å². The molecule has 1 heterocycles. The van der Waals surface area contributed by atoms with Crippen LogP contribution in [0.15, 0.2) is 18.2 Å². The predicted octanol–water partition coefficient (Wildman–Crippen LogP) is 3.99. The van der Waals surface area contributed by atoms with Gasteiger partial charge in [-0.25, -0.2) is 9.97 Å². The smallest absolute Gasteiger partial charge is 0.126 e. The molecule has 1 aliphatic carbocycles. The summed E-state index contributed by atoms with van der Waals surface area (Å²) in [7, 11) is 0. The van der Waals surface area contributed by atoms with E-state index in [-0.39, 0.29) is 0 Å². The van der Waals surface area contributed by atoms with Crippen molar-refractivity contribution in [1.29, 1.82) is 0 Å². The topological polar surface area (TPSA) is 37.8 Å². The molecule has 0 bridgehead atoms. The summed E-state index contributed by atoms with van der Waals surface area (Å²) >= 11 is 0. The maximum atomic E-state index is 4.49. The number of hydrogen-bond donors (Lipinski definition) is 1. The van der Waals surface area contributed by atoms with Crippen molar-refractivity contribution in [2.75, 3.05) is 5.32 Å². The third-order valence-corrected chi connectivity index (χ3v) is 3.97. The van der Waals surface area contributed by atoms with Gasteiger partial charge in [0.25, 0.3) is 0 Å². The van der Waals surface area contributed by atoms with Crippen LogP contribution in [-0.4, -0.2) is 16.0 Å². The van der Waals surface area contributed by atoms with Gasteiger partial charge in [0.15, 0.2) is 0 Å². The zero-order valence-corrected chi connectivity index (χ0v) is 11.7. The van der Waals surface area contributed by atoms with Gasteiger partial charge < -0.3 is 5.32 Å². The molecule has 3 heteroatoms. The van der Waals surface area contributed by atoms with E-state index >= 15 is 0 Å². The van der Waals surface area contributed by atoms with Crippen molar-refractivity contribution >= 4 is 16.6 Å². The Morgan fingerprint density at radius 2 is 1.84 bits per heavy atom. The van der Waals surface area contributed by atoms with E-state index in [0.29, 0.717) is 6.04 Å². The monoisotopic (exact) mass is 255 g/mol. The van der Waals surface area contributed by atoms with E-state index in [1.807, 2.05) is 6.92 Å². The molecule has 0 spiro atoms. The van der Waals surface area contributed by atoms with Gasteiger partial charge in [0, 0.05) is 22.8 Å². The van der Waals surface area contributed by atoms with E-state index in [2.05, 4.69) is 40.4 Å². The predicted molar refractivity (Wildman–Crippen MR) is 79.5 cm³/mol. The first-order valence-electron chi connectivity index (χ1n) is 7.24. The zero-order chi connectivity index (χ0) is 13.2. The van der Waals surface area contributed by atoms with Gasteiger partial charge in [0.2, 0.25) is 0 Å². The summed E-state index contributed by atoms with van der Waals surface area (Å²) in [5.74, 6) is 0.845. The molecule has 19 heavy (non-hydrogen) atoms. The summed E-state index contributed by atoms with van der Waals surface area (Å²) in [4.78, 5) is 8.94. The fourth-order valence-electron chi connectivity index (χ4n) is 3.00. The summed E-state index contributed by atoms with van der Waals surface area (Å²) in [5.41, 5.74) is 3.31. The molecular weight excluding hydrogens is 234 g/mol. The lowest BCUT2D eigenvalue weighted by Crippen LogP contribution is -2.22. The van der Waals surface area contributed by atoms with Gasteiger partial charge in [-0.05, 0) is 44.9 Å². The number of anilines is 1. The van der Waals surface area contributed by atoms with Crippen LogP contribution in [-0.2, 0) is 0 Å². The number of nitrogens with zero attached hydrogens (tertiary/aromatic N) is 2. The molecule has 1 fully saturated rings. The first kappa shape index (κ1) is 12.4. The van der Waals surface area contributed by atoms with Crippen molar-refractivity contribution in [1.82, 2.24) is 9.97 Å². The lowest BCUT2D eigenvalue weighted by atomic mass is 9.95. The van der Waals surface area contributed by atoms with Gasteiger partial charge in [-0.3, -0.25) is 0 Å². The molecule has 1 aliphatic rings. The van der Waals surface area contributed by atoms with E-state index in [9.17, 15) is 0 Å². The van der Waals surface area contributed by atoms with Crippen LogP contribution in [0.1, 0.15) is 43.6 Å². The highest BCUT2D eigenvalue weighted by atomic mass is 14.9. The molecule has 3 rings (SSSR count). The van der Waals surface area contributed by atoms with Crippen molar-refractivity contribution in [2.45, 2.75) is 52.0 Å². The first-order valence-corrected chi connectivity index (χ1v) is 7.24. The Balaban J connectivity index is 1.88. The van der Waals surface area contributed by atoms with Crippen LogP contribution in [0.5, 0.6) is 0 Å². The van der Waals surface area contributed by atoms with Crippen molar-refractivity contribution in [3.63, 3.8) is 0 Å². The number of fused-ring (bicyclic) bond motifs is 1. The molecule has 0 saturated heterocycles. The maximum Gasteiger partial charge on any atom is 0.126 e. The van der Waals surface area contributed by atoms with Crippen LogP contribution in [0, 0.1) is 13.8 Å². The van der Waals surface area contributed by atoms with Gasteiger partial charge in [0.1, 0.15) is 5.82 Å². The Morgan fingerprint density at radius 1 is 1.05 bits per heavy atom. The molecule has 0 atom stereocenters. The van der Waals surface area contributed by atoms with E-state index in [1.54, 1.807) is 0 Å². The lowest BCUT2D eigenvalue weighted by molar-refractivity contribution is 0.463. The quantitative estimate of drug-likeness (QED) is 0.881. The number of rotatable bonds is 2. The van der Waals surface area contributed by atoms with Gasteiger partial charge in [-0.15, -0.1) is 0 Å².